The van der Waals surface area contributed by atoms with E-state index in [0.29, 0.717) is 11.1 Å². The molecule has 0 aliphatic heterocycles. The molecule has 0 aliphatic rings. The third kappa shape index (κ3) is 7.82. The monoisotopic (exact) mass is 593 g/mol. The van der Waals surface area contributed by atoms with Crippen molar-refractivity contribution in [2.24, 2.45) is 0 Å². The summed E-state index contributed by atoms with van der Waals surface area (Å²) >= 11 is 6.33. The van der Waals surface area contributed by atoms with E-state index in [0.717, 1.165) is 24.3 Å². The van der Waals surface area contributed by atoms with Crippen LogP contribution in [-0.2, 0) is 18.4 Å². The van der Waals surface area contributed by atoms with Gasteiger partial charge in [-0.3, -0.25) is 0 Å². The first-order valence-corrected chi connectivity index (χ1v) is 12.6. The van der Waals surface area contributed by atoms with Crippen LogP contribution in [0.25, 0.3) is 5.70 Å². The second-order valence-electron chi connectivity index (χ2n) is 9.36. The molecule has 0 saturated carbocycles. The van der Waals surface area contributed by atoms with E-state index in [2.05, 4.69) is 16.6 Å². The van der Waals surface area contributed by atoms with E-state index in [4.69, 9.17) is 11.6 Å². The molecule has 2 nitrogen and oxygen atoms in total. The van der Waals surface area contributed by atoms with Gasteiger partial charge in [0.05, 0.1) is 17.0 Å². The first-order valence-electron chi connectivity index (χ1n) is 12.2. The van der Waals surface area contributed by atoms with E-state index in [-0.39, 0.29) is 33.8 Å². The molecule has 10 heteroatoms. The van der Waals surface area contributed by atoms with E-state index >= 15 is 0 Å². The van der Waals surface area contributed by atoms with Gasteiger partial charge in [-0.2, -0.15) is 13.2 Å². The Morgan fingerprint density at radius 2 is 1.37 bits per heavy atom. The van der Waals surface area contributed by atoms with Gasteiger partial charge in [0.25, 0.3) is 0 Å². The molecule has 214 valence electrons. The van der Waals surface area contributed by atoms with Crippen LogP contribution in [0.2, 0.25) is 5.02 Å². The highest BCUT2D eigenvalue weighted by molar-refractivity contribution is 6.32. The lowest BCUT2D eigenvalue weighted by atomic mass is 9.76. The van der Waals surface area contributed by atoms with Gasteiger partial charge in [0.15, 0.2) is 0 Å². The molecule has 0 aliphatic carbocycles. The Balaban J connectivity index is 1.97. The van der Waals surface area contributed by atoms with Gasteiger partial charge < -0.3 is 10.1 Å². The quantitative estimate of drug-likeness (QED) is 0.195. The minimum Gasteiger partial charge on any atom is -0.406 e. The van der Waals surface area contributed by atoms with Gasteiger partial charge in [0, 0.05) is 17.7 Å². The van der Waals surface area contributed by atoms with Gasteiger partial charge >= 0.3 is 12.5 Å². The third-order valence-corrected chi connectivity index (χ3v) is 6.64. The van der Waals surface area contributed by atoms with Crippen molar-refractivity contribution in [2.45, 2.75) is 30.9 Å². The second kappa shape index (κ2) is 11.9. The van der Waals surface area contributed by atoms with E-state index in [9.17, 15) is 30.7 Å². The van der Waals surface area contributed by atoms with Crippen molar-refractivity contribution in [2.75, 3.05) is 0 Å². The number of ether oxygens (including phenoxy) is 1. The summed E-state index contributed by atoms with van der Waals surface area (Å²) in [5.41, 5.74) is -0.109. The number of benzene rings is 4. The number of rotatable bonds is 9. The largest absolute Gasteiger partial charge is 0.573 e. The maximum absolute atomic E-state index is 14.2. The molecular weight excluding hydrogens is 571 g/mol. The molecule has 0 radical (unpaired) electrons. The van der Waals surface area contributed by atoms with Gasteiger partial charge in [-0.25, -0.2) is 4.39 Å². The molecule has 0 spiro atoms. The molecule has 1 atom stereocenters. The first kappa shape index (κ1) is 30.0. The van der Waals surface area contributed by atoms with Crippen LogP contribution in [0.4, 0.5) is 30.7 Å². The lowest BCUT2D eigenvalue weighted by molar-refractivity contribution is -0.274. The van der Waals surface area contributed by atoms with Crippen molar-refractivity contribution in [3.05, 3.63) is 142 Å². The fourth-order valence-corrected chi connectivity index (χ4v) is 4.88. The number of alkyl halides is 6. The predicted molar refractivity (Wildman–Crippen MR) is 144 cm³/mol. The highest BCUT2D eigenvalue weighted by Gasteiger charge is 2.38. The number of halogens is 8. The molecular formula is C31H23ClF7NO. The van der Waals surface area contributed by atoms with Gasteiger partial charge in [-0.05, 0) is 52.6 Å². The fourth-order valence-electron chi connectivity index (χ4n) is 4.65. The van der Waals surface area contributed by atoms with Crippen molar-refractivity contribution < 1.29 is 35.5 Å². The zero-order valence-electron chi connectivity index (χ0n) is 21.3. The van der Waals surface area contributed by atoms with Gasteiger partial charge in [0.1, 0.15) is 11.6 Å². The zero-order chi connectivity index (χ0) is 29.8. The van der Waals surface area contributed by atoms with E-state index in [1.807, 2.05) is 0 Å². The fraction of sp³-hybridized carbons (Fsp3) is 0.161. The molecule has 1 unspecified atom stereocenters. The SMILES string of the molecule is C=C(NC(Cc1ccccc1)(c1cccc(CC(F)(F)F)c1)c1cccc(OC(F)(F)F)c1)c1cc(F)ccc1Cl. The van der Waals surface area contributed by atoms with Crippen molar-refractivity contribution in [3.8, 4) is 5.75 Å². The zero-order valence-corrected chi connectivity index (χ0v) is 22.0. The molecule has 4 aromatic rings. The molecule has 1 N–H and O–H groups in total. The standard InChI is InChI=1S/C31H23ClF7NO/c1-20(27-17-25(33)13-14-28(27)32)40-29(18-21-7-3-2-4-8-21,23-10-5-9-22(15-23)19-30(34,35)36)24-11-6-12-26(16-24)41-31(37,38)39/h2-17,40H,1,18-19H2. The lowest BCUT2D eigenvalue weighted by Gasteiger charge is -2.39. The Bertz CT molecular complexity index is 1460. The highest BCUT2D eigenvalue weighted by atomic mass is 35.5. The maximum atomic E-state index is 14.2. The molecule has 0 amide bonds. The summed E-state index contributed by atoms with van der Waals surface area (Å²) in [6.45, 7) is 4.01. The average molecular weight is 594 g/mol. The number of hydrogen-bond acceptors (Lipinski definition) is 2. The summed E-state index contributed by atoms with van der Waals surface area (Å²) in [4.78, 5) is 0. The Morgan fingerprint density at radius 1 is 0.732 bits per heavy atom. The summed E-state index contributed by atoms with van der Waals surface area (Å²) in [6.07, 6.45) is -10.7. The minimum absolute atomic E-state index is 0.0464. The van der Waals surface area contributed by atoms with E-state index in [1.165, 1.54) is 36.4 Å². The molecule has 4 rings (SSSR count). The molecule has 0 bridgehead atoms. The topological polar surface area (TPSA) is 21.3 Å². The van der Waals surface area contributed by atoms with Crippen LogP contribution in [0, 0.1) is 5.82 Å². The molecule has 4 aromatic carbocycles. The van der Waals surface area contributed by atoms with E-state index < -0.39 is 36.1 Å². The Kier molecular flexibility index (Phi) is 8.68. The molecule has 0 aromatic heterocycles. The summed E-state index contributed by atoms with van der Waals surface area (Å²) < 4.78 is 97.9. The number of nitrogens with one attached hydrogen (secondary N) is 1. The van der Waals surface area contributed by atoms with Crippen LogP contribution < -0.4 is 10.1 Å². The van der Waals surface area contributed by atoms with Crippen molar-refractivity contribution in [3.63, 3.8) is 0 Å². The first-order chi connectivity index (χ1) is 19.2. The van der Waals surface area contributed by atoms with Gasteiger partial charge in [0.2, 0.25) is 0 Å². The molecule has 0 fully saturated rings. The van der Waals surface area contributed by atoms with Crippen molar-refractivity contribution >= 4 is 17.3 Å². The summed E-state index contributed by atoms with van der Waals surface area (Å²) in [5.74, 6) is -1.15. The van der Waals surface area contributed by atoms with Gasteiger partial charge in [-0.15, -0.1) is 13.2 Å². The van der Waals surface area contributed by atoms with Crippen LogP contribution in [0.5, 0.6) is 5.75 Å². The van der Waals surface area contributed by atoms with E-state index in [1.54, 1.807) is 36.4 Å². The molecule has 41 heavy (non-hydrogen) atoms. The average Bonchev–Trinajstić information content (AvgIpc) is 2.88. The molecule has 0 saturated heterocycles. The van der Waals surface area contributed by atoms with Crippen molar-refractivity contribution in [1.82, 2.24) is 5.32 Å². The Labute approximate surface area is 237 Å². The summed E-state index contributed by atoms with van der Waals surface area (Å²) in [6, 6.07) is 23.2. The minimum atomic E-state index is -4.99. The predicted octanol–water partition coefficient (Wildman–Crippen LogP) is 9.23. The van der Waals surface area contributed by atoms with Crippen LogP contribution in [0.3, 0.4) is 0 Å². The van der Waals surface area contributed by atoms with Crippen LogP contribution in [0.15, 0.2) is 104 Å². The van der Waals surface area contributed by atoms with Crippen LogP contribution in [0.1, 0.15) is 27.8 Å². The third-order valence-electron chi connectivity index (χ3n) is 6.31. The van der Waals surface area contributed by atoms with Crippen LogP contribution in [-0.4, -0.2) is 12.5 Å². The Hall–Kier alpha value is -3.98. The van der Waals surface area contributed by atoms with Gasteiger partial charge in [-0.1, -0.05) is 84.9 Å². The van der Waals surface area contributed by atoms with Crippen molar-refractivity contribution in [1.29, 1.82) is 0 Å². The Morgan fingerprint density at radius 3 is 2.02 bits per heavy atom. The second-order valence-corrected chi connectivity index (χ2v) is 9.77. The normalized spacial score (nSPS) is 13.4. The number of hydrogen-bond donors (Lipinski definition) is 1. The highest BCUT2D eigenvalue weighted by Crippen LogP contribution is 2.39. The summed E-state index contributed by atoms with van der Waals surface area (Å²) in [5, 5.41) is 3.35. The maximum Gasteiger partial charge on any atom is 0.573 e. The molecule has 0 heterocycles. The lowest BCUT2D eigenvalue weighted by Crippen LogP contribution is -2.44. The van der Waals surface area contributed by atoms with Crippen LogP contribution >= 0.6 is 11.6 Å². The smallest absolute Gasteiger partial charge is 0.406 e. The summed E-state index contributed by atoms with van der Waals surface area (Å²) in [7, 11) is 0.